The van der Waals surface area contributed by atoms with E-state index in [0.29, 0.717) is 5.41 Å². The van der Waals surface area contributed by atoms with Gasteiger partial charge in [0.05, 0.1) is 0 Å². The van der Waals surface area contributed by atoms with Crippen LogP contribution < -0.4 is 5.32 Å². The minimum atomic E-state index is 0.694. The van der Waals surface area contributed by atoms with Gasteiger partial charge in [-0.1, -0.05) is 26.5 Å². The third-order valence-corrected chi connectivity index (χ3v) is 7.10. The average Bonchev–Trinajstić information content (AvgIpc) is 2.96. The molecule has 3 aliphatic carbocycles. The van der Waals surface area contributed by atoms with Crippen LogP contribution in [0.3, 0.4) is 0 Å². The second-order valence-electron chi connectivity index (χ2n) is 7.95. The van der Waals surface area contributed by atoms with Crippen molar-refractivity contribution in [3.63, 3.8) is 0 Å². The maximum atomic E-state index is 3.76. The molecular formula is C15H26BN. The summed E-state index contributed by atoms with van der Waals surface area (Å²) in [5.41, 5.74) is 0.694. The zero-order valence-electron chi connectivity index (χ0n) is 11.4. The number of hydrogen-bond donors (Lipinski definition) is 1. The van der Waals surface area contributed by atoms with Crippen LogP contribution in [-0.4, -0.2) is 19.2 Å². The maximum absolute atomic E-state index is 3.76. The summed E-state index contributed by atoms with van der Waals surface area (Å²) in [5, 5.41) is 3.76. The molecule has 2 heterocycles. The Kier molecular flexibility index (Phi) is 2.26. The van der Waals surface area contributed by atoms with Gasteiger partial charge in [0.15, 0.2) is 6.71 Å². The summed E-state index contributed by atoms with van der Waals surface area (Å²) in [4.78, 5) is 0. The second kappa shape index (κ2) is 3.53. The normalized spacial score (nSPS) is 51.2. The van der Waals surface area contributed by atoms with E-state index >= 15 is 0 Å². The number of nitrogens with one attached hydrogen (secondary N) is 1. The van der Waals surface area contributed by atoms with Crippen LogP contribution in [0.1, 0.15) is 39.5 Å². The molecule has 17 heavy (non-hydrogen) atoms. The topological polar surface area (TPSA) is 12.0 Å². The van der Waals surface area contributed by atoms with Gasteiger partial charge in [-0.05, 0) is 67.3 Å². The van der Waals surface area contributed by atoms with E-state index in [4.69, 9.17) is 0 Å². The SMILES string of the molecule is CC1(C)[C@@H]2C[C@H]3CB([C@@H]4CCCN4)C[C@H]3[C@H]1C2. The van der Waals surface area contributed by atoms with Crippen LogP contribution >= 0.6 is 0 Å². The van der Waals surface area contributed by atoms with Gasteiger partial charge >= 0.3 is 0 Å². The zero-order chi connectivity index (χ0) is 11.6. The molecule has 5 fully saturated rings. The minimum absolute atomic E-state index is 0.694. The predicted octanol–water partition coefficient (Wildman–Crippen LogP) is 3.08. The second-order valence-corrected chi connectivity index (χ2v) is 7.95. The van der Waals surface area contributed by atoms with Crippen molar-refractivity contribution in [1.29, 1.82) is 0 Å². The van der Waals surface area contributed by atoms with Crippen LogP contribution in [-0.2, 0) is 0 Å². The first-order chi connectivity index (χ1) is 8.16. The molecule has 0 radical (unpaired) electrons. The van der Waals surface area contributed by atoms with E-state index in [9.17, 15) is 0 Å². The van der Waals surface area contributed by atoms with Crippen molar-refractivity contribution in [3.05, 3.63) is 0 Å². The highest BCUT2D eigenvalue weighted by molar-refractivity contribution is 6.61. The molecule has 2 bridgehead atoms. The molecule has 3 saturated carbocycles. The summed E-state index contributed by atoms with van der Waals surface area (Å²) in [7, 11) is 0. The van der Waals surface area contributed by atoms with Crippen LogP contribution in [0.5, 0.6) is 0 Å². The third kappa shape index (κ3) is 1.43. The number of rotatable bonds is 1. The molecule has 0 amide bonds. The standard InChI is InChI=1S/C15H26BN/c1-15(2)11-6-10-8-16(14-4-3-5-17-14)9-12(10)13(15)7-11/h10-14,17H,3-9H2,1-2H3/t10-,11+,12+,13+,14-/m0/s1. The largest absolute Gasteiger partial charge is 0.321 e. The highest BCUT2D eigenvalue weighted by Crippen LogP contribution is 2.66. The van der Waals surface area contributed by atoms with E-state index in [1.807, 2.05) is 0 Å². The zero-order valence-corrected chi connectivity index (χ0v) is 11.4. The fraction of sp³-hybridized carbons (Fsp3) is 1.00. The lowest BCUT2D eigenvalue weighted by Gasteiger charge is -2.61. The third-order valence-electron chi connectivity index (χ3n) is 7.10. The number of hydrogen-bond acceptors (Lipinski definition) is 1. The van der Waals surface area contributed by atoms with Crippen molar-refractivity contribution in [2.24, 2.45) is 29.1 Å². The molecule has 94 valence electrons. The van der Waals surface area contributed by atoms with Crippen LogP contribution in [0.15, 0.2) is 0 Å². The van der Waals surface area contributed by atoms with Crippen LogP contribution in [0.25, 0.3) is 0 Å². The molecule has 1 nitrogen and oxygen atoms in total. The van der Waals surface area contributed by atoms with Gasteiger partial charge in [-0.3, -0.25) is 0 Å². The Hall–Kier alpha value is 0.0249. The van der Waals surface area contributed by atoms with Crippen LogP contribution in [0.2, 0.25) is 12.6 Å². The summed E-state index contributed by atoms with van der Waals surface area (Å²) in [5.74, 6) is 5.25. The summed E-state index contributed by atoms with van der Waals surface area (Å²) in [6.07, 6.45) is 9.14. The van der Waals surface area contributed by atoms with Gasteiger partial charge in [-0.15, -0.1) is 0 Å². The van der Waals surface area contributed by atoms with E-state index in [0.717, 1.165) is 36.3 Å². The molecular weight excluding hydrogens is 205 g/mol. The lowest BCUT2D eigenvalue weighted by molar-refractivity contribution is -0.120. The van der Waals surface area contributed by atoms with Crippen LogP contribution in [0, 0.1) is 29.1 Å². The molecule has 2 heteroatoms. The molecule has 2 aliphatic heterocycles. The Balaban J connectivity index is 1.50. The van der Waals surface area contributed by atoms with Crippen molar-refractivity contribution in [2.45, 2.75) is 58.1 Å². The Labute approximate surface area is 106 Å². The summed E-state index contributed by atoms with van der Waals surface area (Å²) >= 11 is 0. The smallest absolute Gasteiger partial charge is 0.160 e. The van der Waals surface area contributed by atoms with Gasteiger partial charge in [-0.2, -0.15) is 0 Å². The lowest BCUT2D eigenvalue weighted by atomic mass is 9.41. The van der Waals surface area contributed by atoms with Gasteiger partial charge in [0, 0.05) is 0 Å². The molecule has 0 unspecified atom stereocenters. The Bertz CT molecular complexity index is 321. The fourth-order valence-electron chi connectivity index (χ4n) is 5.96. The molecule has 1 N–H and O–H groups in total. The van der Waals surface area contributed by atoms with Gasteiger partial charge in [0.1, 0.15) is 0 Å². The van der Waals surface area contributed by atoms with Gasteiger partial charge in [0.25, 0.3) is 0 Å². The van der Waals surface area contributed by atoms with E-state index in [1.54, 1.807) is 25.5 Å². The van der Waals surface area contributed by atoms with Gasteiger partial charge in [0.2, 0.25) is 0 Å². The first-order valence-corrected chi connectivity index (χ1v) is 7.89. The molecule has 0 spiro atoms. The highest BCUT2D eigenvalue weighted by Gasteiger charge is 2.60. The first kappa shape index (κ1) is 10.9. The first-order valence-electron chi connectivity index (χ1n) is 7.89. The van der Waals surface area contributed by atoms with Gasteiger partial charge in [-0.25, -0.2) is 0 Å². The summed E-state index contributed by atoms with van der Waals surface area (Å²) < 4.78 is 0. The predicted molar refractivity (Wildman–Crippen MR) is 73.4 cm³/mol. The highest BCUT2D eigenvalue weighted by atomic mass is 14.9. The van der Waals surface area contributed by atoms with E-state index in [-0.39, 0.29) is 0 Å². The summed E-state index contributed by atoms with van der Waals surface area (Å²) in [6, 6.07) is 0. The van der Waals surface area contributed by atoms with E-state index in [1.165, 1.54) is 19.4 Å². The molecule has 5 aliphatic rings. The summed E-state index contributed by atoms with van der Waals surface area (Å²) in [6.45, 7) is 7.41. The maximum Gasteiger partial charge on any atom is 0.160 e. The monoisotopic (exact) mass is 231 g/mol. The quantitative estimate of drug-likeness (QED) is 0.684. The van der Waals surface area contributed by atoms with Crippen molar-refractivity contribution < 1.29 is 0 Å². The van der Waals surface area contributed by atoms with Crippen molar-refractivity contribution in [3.8, 4) is 0 Å². The van der Waals surface area contributed by atoms with Crippen LogP contribution in [0.4, 0.5) is 0 Å². The Morgan fingerprint density at radius 3 is 2.76 bits per heavy atom. The van der Waals surface area contributed by atoms with Crippen molar-refractivity contribution in [1.82, 2.24) is 5.32 Å². The molecule has 5 atom stereocenters. The fourth-order valence-corrected chi connectivity index (χ4v) is 5.96. The molecule has 5 rings (SSSR count). The van der Waals surface area contributed by atoms with E-state index < -0.39 is 0 Å². The molecule has 0 aromatic carbocycles. The molecule has 2 saturated heterocycles. The van der Waals surface area contributed by atoms with Crippen molar-refractivity contribution in [2.75, 3.05) is 6.54 Å². The lowest BCUT2D eigenvalue weighted by Crippen LogP contribution is -2.54. The van der Waals surface area contributed by atoms with Crippen molar-refractivity contribution >= 4 is 6.71 Å². The molecule has 0 aromatic rings. The Morgan fingerprint density at radius 2 is 2.06 bits per heavy atom. The Morgan fingerprint density at radius 1 is 1.18 bits per heavy atom. The average molecular weight is 231 g/mol. The minimum Gasteiger partial charge on any atom is -0.321 e. The molecule has 0 aromatic heterocycles. The van der Waals surface area contributed by atoms with Gasteiger partial charge < -0.3 is 5.32 Å². The van der Waals surface area contributed by atoms with E-state index in [2.05, 4.69) is 19.2 Å².